The highest BCUT2D eigenvalue weighted by Crippen LogP contribution is 2.20. The minimum atomic E-state index is 0.653. The van der Waals surface area contributed by atoms with E-state index in [-0.39, 0.29) is 0 Å². The fourth-order valence-electron chi connectivity index (χ4n) is 1.52. The smallest absolute Gasteiger partial charge is 0.0717 e. The molecule has 2 heteroatoms. The summed E-state index contributed by atoms with van der Waals surface area (Å²) in [5.74, 6) is 0. The highest BCUT2D eigenvalue weighted by atomic mass is 16.6. The van der Waals surface area contributed by atoms with Crippen LogP contribution in [0.1, 0.15) is 6.92 Å². The Morgan fingerprint density at radius 3 is 2.12 bits per heavy atom. The summed E-state index contributed by atoms with van der Waals surface area (Å²) in [6.07, 6.45) is 0. The molecular formula is C14H15NO. The summed E-state index contributed by atoms with van der Waals surface area (Å²) < 4.78 is 0. The molecular weight excluding hydrogens is 198 g/mol. The lowest BCUT2D eigenvalue weighted by molar-refractivity contribution is 0.210. The lowest BCUT2D eigenvalue weighted by Crippen LogP contribution is -1.99. The van der Waals surface area contributed by atoms with Crippen molar-refractivity contribution in [1.82, 2.24) is 0 Å². The molecule has 0 saturated heterocycles. The third kappa shape index (κ3) is 2.61. The van der Waals surface area contributed by atoms with E-state index in [1.54, 1.807) is 0 Å². The fraction of sp³-hybridized carbons (Fsp3) is 0.143. The van der Waals surface area contributed by atoms with Gasteiger partial charge in [-0.2, -0.15) is 0 Å². The molecule has 0 heterocycles. The maximum absolute atomic E-state index is 5.12. The maximum Gasteiger partial charge on any atom is 0.0717 e. The molecule has 2 nitrogen and oxygen atoms in total. The normalized spacial score (nSPS) is 10.1. The summed E-state index contributed by atoms with van der Waals surface area (Å²) in [5.41, 5.74) is 6.28. The summed E-state index contributed by atoms with van der Waals surface area (Å²) in [5, 5.41) is 0. The highest BCUT2D eigenvalue weighted by Gasteiger charge is 1.96. The Labute approximate surface area is 95.8 Å². The minimum Gasteiger partial charge on any atom is -0.276 e. The molecule has 2 rings (SSSR count). The van der Waals surface area contributed by atoms with Crippen molar-refractivity contribution in [3.8, 4) is 11.1 Å². The zero-order valence-electron chi connectivity index (χ0n) is 9.31. The standard InChI is InChI=1S/C14H15NO/c1-2-16-15-14-10-8-13(9-11-14)12-6-4-3-5-7-12/h3-11,15H,2H2,1H3. The van der Waals surface area contributed by atoms with Crippen molar-refractivity contribution in [1.29, 1.82) is 0 Å². The average molecular weight is 213 g/mol. The number of benzene rings is 2. The Bertz CT molecular complexity index is 422. The van der Waals surface area contributed by atoms with Crippen molar-refractivity contribution in [2.24, 2.45) is 0 Å². The van der Waals surface area contributed by atoms with Crippen LogP contribution in [-0.4, -0.2) is 6.61 Å². The van der Waals surface area contributed by atoms with Crippen molar-refractivity contribution < 1.29 is 4.84 Å². The van der Waals surface area contributed by atoms with Crippen LogP contribution >= 0.6 is 0 Å². The van der Waals surface area contributed by atoms with Crippen LogP contribution in [0.4, 0.5) is 5.69 Å². The van der Waals surface area contributed by atoms with Gasteiger partial charge in [0.05, 0.1) is 12.3 Å². The topological polar surface area (TPSA) is 21.3 Å². The number of rotatable bonds is 4. The molecule has 0 aromatic heterocycles. The zero-order chi connectivity index (χ0) is 11.2. The van der Waals surface area contributed by atoms with Crippen molar-refractivity contribution in [2.45, 2.75) is 6.92 Å². The predicted octanol–water partition coefficient (Wildman–Crippen LogP) is 3.72. The SMILES string of the molecule is CCONc1ccc(-c2ccccc2)cc1. The molecule has 0 aliphatic rings. The van der Waals surface area contributed by atoms with E-state index in [1.807, 2.05) is 37.3 Å². The molecule has 0 radical (unpaired) electrons. The summed E-state index contributed by atoms with van der Waals surface area (Å²) in [7, 11) is 0. The van der Waals surface area contributed by atoms with E-state index in [4.69, 9.17) is 4.84 Å². The highest BCUT2D eigenvalue weighted by molar-refractivity contribution is 5.65. The second kappa shape index (κ2) is 5.33. The first-order chi connectivity index (χ1) is 7.90. The van der Waals surface area contributed by atoms with Gasteiger partial charge in [-0.25, -0.2) is 0 Å². The van der Waals surface area contributed by atoms with E-state index < -0.39 is 0 Å². The van der Waals surface area contributed by atoms with Crippen LogP contribution in [0.2, 0.25) is 0 Å². The number of nitrogens with one attached hydrogen (secondary N) is 1. The van der Waals surface area contributed by atoms with Crippen LogP contribution in [-0.2, 0) is 4.84 Å². The molecule has 0 atom stereocenters. The van der Waals surface area contributed by atoms with Gasteiger partial charge in [0.1, 0.15) is 0 Å². The summed E-state index contributed by atoms with van der Waals surface area (Å²) in [6.45, 7) is 2.60. The molecule has 16 heavy (non-hydrogen) atoms. The van der Waals surface area contributed by atoms with E-state index in [0.29, 0.717) is 6.61 Å². The van der Waals surface area contributed by atoms with Crippen LogP contribution in [0.3, 0.4) is 0 Å². The molecule has 0 saturated carbocycles. The molecule has 82 valence electrons. The third-order valence-electron chi connectivity index (χ3n) is 2.33. The second-order valence-corrected chi connectivity index (χ2v) is 3.48. The molecule has 0 amide bonds. The number of anilines is 1. The van der Waals surface area contributed by atoms with Crippen LogP contribution in [0.15, 0.2) is 54.6 Å². The molecule has 2 aromatic rings. The van der Waals surface area contributed by atoms with Crippen LogP contribution in [0.25, 0.3) is 11.1 Å². The number of hydrogen-bond donors (Lipinski definition) is 1. The van der Waals surface area contributed by atoms with Crippen LogP contribution in [0, 0.1) is 0 Å². The second-order valence-electron chi connectivity index (χ2n) is 3.48. The predicted molar refractivity (Wildman–Crippen MR) is 67.1 cm³/mol. The molecule has 2 aromatic carbocycles. The summed E-state index contributed by atoms with van der Waals surface area (Å²) >= 11 is 0. The Kier molecular flexibility index (Phi) is 3.57. The van der Waals surface area contributed by atoms with Crippen molar-refractivity contribution in [2.75, 3.05) is 12.1 Å². The van der Waals surface area contributed by atoms with E-state index in [0.717, 1.165) is 5.69 Å². The van der Waals surface area contributed by atoms with Gasteiger partial charge in [0.25, 0.3) is 0 Å². The van der Waals surface area contributed by atoms with E-state index >= 15 is 0 Å². The van der Waals surface area contributed by atoms with Gasteiger partial charge >= 0.3 is 0 Å². The van der Waals surface area contributed by atoms with Gasteiger partial charge in [0.2, 0.25) is 0 Å². The van der Waals surface area contributed by atoms with Gasteiger partial charge in [0, 0.05) is 0 Å². The first-order valence-electron chi connectivity index (χ1n) is 5.43. The molecule has 1 N–H and O–H groups in total. The third-order valence-corrected chi connectivity index (χ3v) is 2.33. The van der Waals surface area contributed by atoms with E-state index in [9.17, 15) is 0 Å². The van der Waals surface area contributed by atoms with Crippen LogP contribution < -0.4 is 5.48 Å². The lowest BCUT2D eigenvalue weighted by atomic mass is 10.1. The van der Waals surface area contributed by atoms with Crippen molar-refractivity contribution >= 4 is 5.69 Å². The van der Waals surface area contributed by atoms with Gasteiger partial charge in [-0.05, 0) is 30.2 Å². The van der Waals surface area contributed by atoms with Gasteiger partial charge in [0.15, 0.2) is 0 Å². The average Bonchev–Trinajstić information content (AvgIpc) is 2.38. The molecule has 0 unspecified atom stereocenters. The molecule has 0 bridgehead atoms. The molecule has 0 fully saturated rings. The summed E-state index contributed by atoms with van der Waals surface area (Å²) in [6, 6.07) is 18.5. The first kappa shape index (κ1) is 10.7. The molecule has 0 aliphatic carbocycles. The van der Waals surface area contributed by atoms with E-state index in [2.05, 4.69) is 29.7 Å². The Balaban J connectivity index is 2.13. The van der Waals surface area contributed by atoms with Crippen molar-refractivity contribution in [3.63, 3.8) is 0 Å². The fourth-order valence-corrected chi connectivity index (χ4v) is 1.52. The van der Waals surface area contributed by atoms with Gasteiger partial charge in [-0.15, -0.1) is 0 Å². The number of hydrogen-bond acceptors (Lipinski definition) is 2. The Hall–Kier alpha value is -1.80. The van der Waals surface area contributed by atoms with Gasteiger partial charge in [-0.1, -0.05) is 42.5 Å². The molecule has 0 aliphatic heterocycles. The lowest BCUT2D eigenvalue weighted by Gasteiger charge is -2.06. The van der Waals surface area contributed by atoms with Crippen LogP contribution in [0.5, 0.6) is 0 Å². The van der Waals surface area contributed by atoms with Gasteiger partial charge < -0.3 is 0 Å². The summed E-state index contributed by atoms with van der Waals surface area (Å²) in [4.78, 5) is 5.12. The van der Waals surface area contributed by atoms with Gasteiger partial charge in [-0.3, -0.25) is 10.3 Å². The first-order valence-corrected chi connectivity index (χ1v) is 5.43. The largest absolute Gasteiger partial charge is 0.276 e. The Morgan fingerprint density at radius 2 is 1.50 bits per heavy atom. The molecule has 0 spiro atoms. The maximum atomic E-state index is 5.12. The Morgan fingerprint density at radius 1 is 0.875 bits per heavy atom. The monoisotopic (exact) mass is 213 g/mol. The quantitative estimate of drug-likeness (QED) is 0.781. The zero-order valence-corrected chi connectivity index (χ0v) is 9.31. The van der Waals surface area contributed by atoms with E-state index in [1.165, 1.54) is 11.1 Å². The van der Waals surface area contributed by atoms with Crippen molar-refractivity contribution in [3.05, 3.63) is 54.6 Å². The minimum absolute atomic E-state index is 0.653.